The Morgan fingerprint density at radius 2 is 1.95 bits per heavy atom. The maximum atomic E-state index is 5.93. The van der Waals surface area contributed by atoms with Gasteiger partial charge in [0.05, 0.1) is 16.6 Å². The molecule has 0 spiro atoms. The standard InChI is InChI=1S/C13H12Cl3N5/c1-7-4-11(16)20-13(19-7)21-12(17)18-6-8-2-3-9(14)10(15)5-8/h2-5H,6H2,1H3,(H3,17,18,19,20,21). The maximum Gasteiger partial charge on any atom is 0.231 e. The van der Waals surface area contributed by atoms with Crippen molar-refractivity contribution in [2.45, 2.75) is 13.5 Å². The summed E-state index contributed by atoms with van der Waals surface area (Å²) in [7, 11) is 0. The lowest BCUT2D eigenvalue weighted by Gasteiger charge is -2.05. The molecule has 0 radical (unpaired) electrons. The molecule has 110 valence electrons. The molecular formula is C13H12Cl3N5. The van der Waals surface area contributed by atoms with Gasteiger partial charge in [-0.3, -0.25) is 5.32 Å². The zero-order valence-corrected chi connectivity index (χ0v) is 13.3. The van der Waals surface area contributed by atoms with Gasteiger partial charge in [-0.05, 0) is 30.7 Å². The third-order valence-electron chi connectivity index (χ3n) is 2.48. The van der Waals surface area contributed by atoms with Crippen molar-refractivity contribution in [1.82, 2.24) is 9.97 Å². The Morgan fingerprint density at radius 3 is 2.62 bits per heavy atom. The second kappa shape index (κ2) is 6.93. The molecule has 0 bridgehead atoms. The van der Waals surface area contributed by atoms with Crippen molar-refractivity contribution in [3.05, 3.63) is 50.7 Å². The molecule has 8 heteroatoms. The van der Waals surface area contributed by atoms with Gasteiger partial charge in [0.2, 0.25) is 5.95 Å². The fourth-order valence-corrected chi connectivity index (χ4v) is 2.11. The molecule has 2 aromatic rings. The van der Waals surface area contributed by atoms with Crippen molar-refractivity contribution in [2.24, 2.45) is 10.7 Å². The van der Waals surface area contributed by atoms with Crippen LogP contribution in [0, 0.1) is 6.92 Å². The van der Waals surface area contributed by atoms with Gasteiger partial charge in [0.25, 0.3) is 0 Å². The number of aliphatic imine (C=N–C) groups is 1. The van der Waals surface area contributed by atoms with Crippen molar-refractivity contribution in [2.75, 3.05) is 5.32 Å². The van der Waals surface area contributed by atoms with Gasteiger partial charge < -0.3 is 5.73 Å². The van der Waals surface area contributed by atoms with Crippen molar-refractivity contribution in [3.8, 4) is 0 Å². The van der Waals surface area contributed by atoms with Crippen LogP contribution in [0.15, 0.2) is 29.3 Å². The molecule has 1 heterocycles. The molecule has 1 aromatic heterocycles. The summed E-state index contributed by atoms with van der Waals surface area (Å²) in [6.07, 6.45) is 0. The van der Waals surface area contributed by atoms with Crippen LogP contribution in [0.2, 0.25) is 15.2 Å². The van der Waals surface area contributed by atoms with Gasteiger partial charge in [-0.15, -0.1) is 0 Å². The monoisotopic (exact) mass is 343 g/mol. The van der Waals surface area contributed by atoms with E-state index in [1.165, 1.54) is 0 Å². The van der Waals surface area contributed by atoms with Gasteiger partial charge in [0.1, 0.15) is 5.15 Å². The molecule has 0 aliphatic heterocycles. The number of hydrogen-bond acceptors (Lipinski definition) is 3. The van der Waals surface area contributed by atoms with E-state index in [4.69, 9.17) is 40.5 Å². The molecule has 0 aliphatic carbocycles. The van der Waals surface area contributed by atoms with Crippen LogP contribution in [0.4, 0.5) is 5.95 Å². The normalized spacial score (nSPS) is 11.5. The van der Waals surface area contributed by atoms with Crippen molar-refractivity contribution in [3.63, 3.8) is 0 Å². The lowest BCUT2D eigenvalue weighted by atomic mass is 10.2. The van der Waals surface area contributed by atoms with Gasteiger partial charge in [-0.2, -0.15) is 0 Å². The molecule has 0 aliphatic rings. The van der Waals surface area contributed by atoms with E-state index in [-0.39, 0.29) is 5.96 Å². The molecule has 0 amide bonds. The fraction of sp³-hybridized carbons (Fsp3) is 0.154. The highest BCUT2D eigenvalue weighted by Gasteiger charge is 2.03. The minimum absolute atomic E-state index is 0.183. The second-order valence-electron chi connectivity index (χ2n) is 4.23. The Labute approximate surface area is 137 Å². The lowest BCUT2D eigenvalue weighted by Crippen LogP contribution is -2.24. The highest BCUT2D eigenvalue weighted by atomic mass is 35.5. The Hall–Kier alpha value is -1.56. The van der Waals surface area contributed by atoms with Gasteiger partial charge >= 0.3 is 0 Å². The van der Waals surface area contributed by atoms with E-state index in [2.05, 4.69) is 20.3 Å². The van der Waals surface area contributed by atoms with Crippen LogP contribution in [0.25, 0.3) is 0 Å². The molecule has 5 nitrogen and oxygen atoms in total. The number of guanidine groups is 1. The third-order valence-corrected chi connectivity index (χ3v) is 3.41. The molecular weight excluding hydrogens is 333 g/mol. The molecule has 21 heavy (non-hydrogen) atoms. The van der Waals surface area contributed by atoms with E-state index in [1.807, 2.05) is 13.0 Å². The van der Waals surface area contributed by atoms with Crippen LogP contribution in [-0.2, 0) is 6.54 Å². The number of anilines is 1. The van der Waals surface area contributed by atoms with Crippen molar-refractivity contribution >= 4 is 46.7 Å². The Morgan fingerprint density at radius 1 is 1.19 bits per heavy atom. The molecule has 0 fully saturated rings. The quantitative estimate of drug-likeness (QED) is 0.506. The third kappa shape index (κ3) is 4.74. The molecule has 1 aromatic carbocycles. The SMILES string of the molecule is Cc1cc(Cl)nc(NC(N)=NCc2ccc(Cl)c(Cl)c2)n1. The minimum Gasteiger partial charge on any atom is -0.370 e. The van der Waals surface area contributed by atoms with E-state index in [9.17, 15) is 0 Å². The zero-order chi connectivity index (χ0) is 15.4. The van der Waals surface area contributed by atoms with Crippen LogP contribution < -0.4 is 11.1 Å². The average Bonchev–Trinajstić information content (AvgIpc) is 2.39. The number of aromatic nitrogens is 2. The van der Waals surface area contributed by atoms with Crippen LogP contribution in [0.5, 0.6) is 0 Å². The Bertz CT molecular complexity index is 667. The summed E-state index contributed by atoms with van der Waals surface area (Å²) in [6.45, 7) is 2.16. The van der Waals surface area contributed by atoms with Crippen LogP contribution in [-0.4, -0.2) is 15.9 Å². The van der Waals surface area contributed by atoms with E-state index in [0.717, 1.165) is 11.3 Å². The Kier molecular flexibility index (Phi) is 5.22. The molecule has 0 unspecified atom stereocenters. The van der Waals surface area contributed by atoms with E-state index < -0.39 is 0 Å². The lowest BCUT2D eigenvalue weighted by molar-refractivity contribution is 1.05. The van der Waals surface area contributed by atoms with E-state index in [1.54, 1.807) is 18.2 Å². The first-order chi connectivity index (χ1) is 9.94. The number of nitrogens with two attached hydrogens (primary N) is 1. The summed E-state index contributed by atoms with van der Waals surface area (Å²) < 4.78 is 0. The first-order valence-corrected chi connectivity index (χ1v) is 7.09. The van der Waals surface area contributed by atoms with Gasteiger partial charge in [0, 0.05) is 5.69 Å². The summed E-state index contributed by atoms with van der Waals surface area (Å²) >= 11 is 17.6. The van der Waals surface area contributed by atoms with Crippen LogP contribution in [0.3, 0.4) is 0 Å². The van der Waals surface area contributed by atoms with E-state index >= 15 is 0 Å². The predicted molar refractivity (Wildman–Crippen MR) is 87.2 cm³/mol. The number of aryl methyl sites for hydroxylation is 1. The van der Waals surface area contributed by atoms with Gasteiger partial charge in [-0.1, -0.05) is 40.9 Å². The number of benzene rings is 1. The number of nitrogens with one attached hydrogen (secondary N) is 1. The summed E-state index contributed by atoms with van der Waals surface area (Å²) in [5.41, 5.74) is 7.40. The van der Waals surface area contributed by atoms with Crippen molar-refractivity contribution in [1.29, 1.82) is 0 Å². The average molecular weight is 345 g/mol. The largest absolute Gasteiger partial charge is 0.370 e. The molecule has 0 saturated heterocycles. The van der Waals surface area contributed by atoms with Crippen molar-refractivity contribution < 1.29 is 0 Å². The van der Waals surface area contributed by atoms with Crippen LogP contribution >= 0.6 is 34.8 Å². The zero-order valence-electron chi connectivity index (χ0n) is 11.1. The summed E-state index contributed by atoms with van der Waals surface area (Å²) in [6, 6.07) is 6.92. The highest BCUT2D eigenvalue weighted by molar-refractivity contribution is 6.42. The van der Waals surface area contributed by atoms with Gasteiger partial charge in [-0.25, -0.2) is 15.0 Å². The number of hydrogen-bond donors (Lipinski definition) is 2. The number of nitrogens with zero attached hydrogens (tertiary/aromatic N) is 3. The van der Waals surface area contributed by atoms with Gasteiger partial charge in [0.15, 0.2) is 5.96 Å². The molecule has 0 atom stereocenters. The fourth-order valence-electron chi connectivity index (χ4n) is 1.55. The molecule has 3 N–H and O–H groups in total. The molecule has 0 saturated carbocycles. The summed E-state index contributed by atoms with van der Waals surface area (Å²) in [5.74, 6) is 0.484. The number of rotatable bonds is 3. The molecule has 2 rings (SSSR count). The maximum absolute atomic E-state index is 5.93. The minimum atomic E-state index is 0.183. The second-order valence-corrected chi connectivity index (χ2v) is 5.43. The topological polar surface area (TPSA) is 76.2 Å². The summed E-state index contributed by atoms with van der Waals surface area (Å²) in [4.78, 5) is 12.3. The van der Waals surface area contributed by atoms with Crippen LogP contribution in [0.1, 0.15) is 11.3 Å². The van der Waals surface area contributed by atoms with E-state index in [0.29, 0.717) is 27.7 Å². The smallest absolute Gasteiger partial charge is 0.231 e. The first kappa shape index (κ1) is 15.8. The predicted octanol–water partition coefficient (Wildman–Crippen LogP) is 3.67. The highest BCUT2D eigenvalue weighted by Crippen LogP contribution is 2.22. The Balaban J connectivity index is 2.05. The summed E-state index contributed by atoms with van der Waals surface area (Å²) in [5, 5.41) is 4.09. The number of halogens is 3. The first-order valence-electron chi connectivity index (χ1n) is 5.96.